The number of benzene rings is 2. The molecule has 1 heterocycles. The number of rotatable bonds is 19. The zero-order valence-corrected chi connectivity index (χ0v) is 24.7. The van der Waals surface area contributed by atoms with Gasteiger partial charge in [0.25, 0.3) is 11.8 Å². The number of pyridine rings is 1. The normalized spacial score (nSPS) is 11.8. The lowest BCUT2D eigenvalue weighted by Gasteiger charge is -2.15. The van der Waals surface area contributed by atoms with Crippen molar-refractivity contribution >= 4 is 22.6 Å². The molecule has 2 aromatic carbocycles. The molecular weight excluding hydrogens is 494 g/mol. The fourth-order valence-electron chi connectivity index (χ4n) is 5.13. The van der Waals surface area contributed by atoms with E-state index < -0.39 is 0 Å². The van der Waals surface area contributed by atoms with Crippen molar-refractivity contribution < 1.29 is 9.59 Å². The highest BCUT2D eigenvalue weighted by Gasteiger charge is 2.15. The zero-order chi connectivity index (χ0) is 28.4. The third-order valence-corrected chi connectivity index (χ3v) is 7.65. The van der Waals surface area contributed by atoms with Crippen molar-refractivity contribution in [3.8, 4) is 0 Å². The molecule has 0 bridgehead atoms. The van der Waals surface area contributed by atoms with Crippen LogP contribution in [-0.2, 0) is 0 Å². The Bertz CT molecular complexity index is 1180. The summed E-state index contributed by atoms with van der Waals surface area (Å²) < 4.78 is 0. The summed E-state index contributed by atoms with van der Waals surface area (Å²) in [5.41, 5.74) is 1.54. The first kappa shape index (κ1) is 31.3. The highest BCUT2D eigenvalue weighted by Crippen LogP contribution is 2.20. The van der Waals surface area contributed by atoms with Crippen molar-refractivity contribution in [2.24, 2.45) is 0 Å². The van der Waals surface area contributed by atoms with Crippen LogP contribution in [0.2, 0.25) is 0 Å². The van der Waals surface area contributed by atoms with Gasteiger partial charge in [-0.05, 0) is 47.9 Å². The van der Waals surface area contributed by atoms with Crippen LogP contribution in [0.1, 0.15) is 136 Å². The molecule has 0 fully saturated rings. The van der Waals surface area contributed by atoms with E-state index in [9.17, 15) is 9.59 Å². The quantitative estimate of drug-likeness (QED) is 0.148. The number of fused-ring (bicyclic) bond motifs is 1. The van der Waals surface area contributed by atoms with Crippen molar-refractivity contribution in [1.82, 2.24) is 15.6 Å². The van der Waals surface area contributed by atoms with Gasteiger partial charge < -0.3 is 10.6 Å². The first-order valence-electron chi connectivity index (χ1n) is 15.6. The Morgan fingerprint density at radius 1 is 0.650 bits per heavy atom. The minimum Gasteiger partial charge on any atom is -0.351 e. The molecule has 0 aliphatic heterocycles. The molecule has 2 N–H and O–H groups in total. The number of hydrogen-bond donors (Lipinski definition) is 2. The van der Waals surface area contributed by atoms with Crippen LogP contribution >= 0.6 is 0 Å². The molecule has 0 saturated carbocycles. The second-order valence-corrected chi connectivity index (χ2v) is 11.1. The fourth-order valence-corrected chi connectivity index (χ4v) is 5.13. The average Bonchev–Trinajstić information content (AvgIpc) is 2.98. The van der Waals surface area contributed by atoms with Gasteiger partial charge in [0.05, 0.1) is 6.04 Å². The van der Waals surface area contributed by atoms with Gasteiger partial charge in [-0.25, -0.2) is 4.98 Å². The van der Waals surface area contributed by atoms with Gasteiger partial charge in [0.2, 0.25) is 0 Å². The Balaban J connectivity index is 1.29. The van der Waals surface area contributed by atoms with Crippen LogP contribution in [0, 0.1) is 0 Å². The molecular formula is C35H49N3O2. The van der Waals surface area contributed by atoms with Crippen LogP contribution in [0.15, 0.2) is 60.7 Å². The number of aromatic nitrogens is 1. The van der Waals surface area contributed by atoms with E-state index in [-0.39, 0.29) is 29.2 Å². The fraction of sp³-hybridized carbons (Fsp3) is 0.514. The molecule has 0 radical (unpaired) electrons. The summed E-state index contributed by atoms with van der Waals surface area (Å²) >= 11 is 0. The van der Waals surface area contributed by atoms with Crippen LogP contribution < -0.4 is 10.6 Å². The largest absolute Gasteiger partial charge is 0.351 e. The van der Waals surface area contributed by atoms with Crippen LogP contribution in [0.3, 0.4) is 0 Å². The standard InChI is InChI=1S/C35H49N3O2/c1-3-4-5-6-7-8-9-10-11-12-13-14-15-18-26-36-34(39)32-22-19-23-33(38-32)35(40)37-28(2)30-25-24-29-20-16-17-21-31(29)27-30/h16-17,19-25,27-28H,3-15,18,26H2,1-2H3,(H,36,39)(H,37,40)/t28-/m0/s1. The van der Waals surface area contributed by atoms with Crippen molar-refractivity contribution in [3.63, 3.8) is 0 Å². The lowest BCUT2D eigenvalue weighted by molar-refractivity contribution is 0.0933. The highest BCUT2D eigenvalue weighted by molar-refractivity contribution is 5.96. The second kappa shape index (κ2) is 18.2. The zero-order valence-electron chi connectivity index (χ0n) is 24.7. The maximum absolute atomic E-state index is 12.9. The molecule has 5 heteroatoms. The number of nitrogens with one attached hydrogen (secondary N) is 2. The molecule has 1 atom stereocenters. The molecule has 0 unspecified atom stereocenters. The van der Waals surface area contributed by atoms with Crippen molar-refractivity contribution in [2.45, 2.75) is 110 Å². The summed E-state index contributed by atoms with van der Waals surface area (Å²) in [6.07, 6.45) is 18.4. The number of nitrogens with zero attached hydrogens (tertiary/aromatic N) is 1. The van der Waals surface area contributed by atoms with Crippen molar-refractivity contribution in [3.05, 3.63) is 77.6 Å². The number of amides is 2. The second-order valence-electron chi connectivity index (χ2n) is 11.1. The topological polar surface area (TPSA) is 71.1 Å². The minimum atomic E-state index is -0.290. The first-order chi connectivity index (χ1) is 19.6. The van der Waals surface area contributed by atoms with E-state index in [2.05, 4.69) is 46.8 Å². The lowest BCUT2D eigenvalue weighted by atomic mass is 10.0. The van der Waals surface area contributed by atoms with E-state index in [0.717, 1.165) is 23.8 Å². The Hall–Kier alpha value is -3.21. The Labute approximate surface area is 241 Å². The lowest BCUT2D eigenvalue weighted by Crippen LogP contribution is -2.29. The van der Waals surface area contributed by atoms with Gasteiger partial charge in [-0.1, -0.05) is 133 Å². The number of unbranched alkanes of at least 4 members (excludes halogenated alkanes) is 13. The molecule has 0 aliphatic carbocycles. The van der Waals surface area contributed by atoms with E-state index in [0.29, 0.717) is 6.54 Å². The average molecular weight is 544 g/mol. The Kier molecular flexibility index (Phi) is 14.2. The molecule has 3 aromatic rings. The van der Waals surface area contributed by atoms with Gasteiger partial charge in [-0.3, -0.25) is 9.59 Å². The third kappa shape index (κ3) is 11.1. The SMILES string of the molecule is CCCCCCCCCCCCCCCCNC(=O)c1cccc(C(=O)N[C@@H](C)c2ccc3ccccc3c2)n1. The van der Waals surface area contributed by atoms with Gasteiger partial charge in [0.1, 0.15) is 11.4 Å². The molecule has 2 amide bonds. The summed E-state index contributed by atoms with van der Waals surface area (Å²) in [4.78, 5) is 29.8. The summed E-state index contributed by atoms with van der Waals surface area (Å²) in [5.74, 6) is -0.519. The van der Waals surface area contributed by atoms with E-state index in [4.69, 9.17) is 0 Å². The van der Waals surface area contributed by atoms with Crippen molar-refractivity contribution in [2.75, 3.05) is 6.54 Å². The van der Waals surface area contributed by atoms with E-state index in [1.807, 2.05) is 25.1 Å². The van der Waals surface area contributed by atoms with Crippen LogP contribution in [0.5, 0.6) is 0 Å². The van der Waals surface area contributed by atoms with Crippen LogP contribution in [0.25, 0.3) is 10.8 Å². The molecule has 0 spiro atoms. The Morgan fingerprint density at radius 2 is 1.20 bits per heavy atom. The summed E-state index contributed by atoms with van der Waals surface area (Å²) in [5, 5.41) is 8.27. The first-order valence-corrected chi connectivity index (χ1v) is 15.6. The van der Waals surface area contributed by atoms with Gasteiger partial charge in [0.15, 0.2) is 0 Å². The molecule has 0 aliphatic rings. The Morgan fingerprint density at radius 3 is 1.82 bits per heavy atom. The van der Waals surface area contributed by atoms with E-state index in [1.54, 1.807) is 18.2 Å². The maximum atomic E-state index is 12.9. The van der Waals surface area contributed by atoms with E-state index >= 15 is 0 Å². The van der Waals surface area contributed by atoms with Gasteiger partial charge in [-0.2, -0.15) is 0 Å². The number of carbonyl (C=O) groups is 2. The number of carbonyl (C=O) groups excluding carboxylic acids is 2. The summed E-state index contributed by atoms with van der Waals surface area (Å²) in [6.45, 7) is 4.86. The predicted octanol–water partition coefficient (Wildman–Crippen LogP) is 8.94. The molecule has 5 nitrogen and oxygen atoms in total. The third-order valence-electron chi connectivity index (χ3n) is 7.65. The summed E-state index contributed by atoms with van der Waals surface area (Å²) in [6, 6.07) is 19.2. The molecule has 0 saturated heterocycles. The molecule has 1 aromatic heterocycles. The smallest absolute Gasteiger partial charge is 0.270 e. The van der Waals surface area contributed by atoms with Gasteiger partial charge >= 0.3 is 0 Å². The molecule has 40 heavy (non-hydrogen) atoms. The highest BCUT2D eigenvalue weighted by atomic mass is 16.2. The minimum absolute atomic E-state index is 0.184. The predicted molar refractivity (Wildman–Crippen MR) is 167 cm³/mol. The number of hydrogen-bond acceptors (Lipinski definition) is 3. The van der Waals surface area contributed by atoms with Crippen molar-refractivity contribution in [1.29, 1.82) is 0 Å². The van der Waals surface area contributed by atoms with Gasteiger partial charge in [-0.15, -0.1) is 0 Å². The van der Waals surface area contributed by atoms with Crippen LogP contribution in [0.4, 0.5) is 0 Å². The summed E-state index contributed by atoms with van der Waals surface area (Å²) in [7, 11) is 0. The van der Waals surface area contributed by atoms with Gasteiger partial charge in [0, 0.05) is 6.54 Å². The molecule has 216 valence electrons. The molecule has 3 rings (SSSR count). The maximum Gasteiger partial charge on any atom is 0.270 e. The monoisotopic (exact) mass is 543 g/mol. The van der Waals surface area contributed by atoms with E-state index in [1.165, 1.54) is 82.4 Å². The van der Waals surface area contributed by atoms with Crippen LogP contribution in [-0.4, -0.2) is 23.3 Å².